The van der Waals surface area contributed by atoms with Gasteiger partial charge >= 0.3 is 0 Å². The monoisotopic (exact) mass is 225 g/mol. The fraction of sp³-hybridized carbons (Fsp3) is 1.00. The summed E-state index contributed by atoms with van der Waals surface area (Å²) in [7, 11) is 0. The molecule has 0 aromatic rings. The molecule has 1 fully saturated rings. The van der Waals surface area contributed by atoms with Crippen molar-refractivity contribution in [1.29, 1.82) is 0 Å². The van der Waals surface area contributed by atoms with Crippen molar-refractivity contribution in [1.82, 2.24) is 5.32 Å². The Morgan fingerprint density at radius 2 is 2.00 bits per heavy atom. The molecule has 1 nitrogen and oxygen atoms in total. The van der Waals surface area contributed by atoms with Crippen LogP contribution in [0, 0.1) is 17.8 Å². The van der Waals surface area contributed by atoms with E-state index < -0.39 is 0 Å². The molecule has 2 atom stereocenters. The van der Waals surface area contributed by atoms with Gasteiger partial charge in [0.25, 0.3) is 0 Å². The van der Waals surface area contributed by atoms with Gasteiger partial charge in [0, 0.05) is 0 Å². The highest BCUT2D eigenvalue weighted by Crippen LogP contribution is 2.31. The molecule has 1 N–H and O–H groups in total. The molecule has 1 heteroatoms. The standard InChI is InChI=1S/C15H31N/c1-13(2)12-16-10-5-4-8-15-9-6-7-14(3)11-15/h13-16H,4-12H2,1-3H3. The van der Waals surface area contributed by atoms with Crippen molar-refractivity contribution in [2.45, 2.75) is 65.7 Å². The highest BCUT2D eigenvalue weighted by molar-refractivity contribution is 4.70. The third-order valence-corrected chi connectivity index (χ3v) is 3.81. The predicted molar refractivity (Wildman–Crippen MR) is 72.7 cm³/mol. The van der Waals surface area contributed by atoms with Gasteiger partial charge in [0.15, 0.2) is 0 Å². The van der Waals surface area contributed by atoms with Crippen LogP contribution in [0.1, 0.15) is 65.7 Å². The maximum absolute atomic E-state index is 3.53. The topological polar surface area (TPSA) is 12.0 Å². The third kappa shape index (κ3) is 6.52. The smallest absolute Gasteiger partial charge is 0.00258 e. The predicted octanol–water partition coefficient (Wildman–Crippen LogP) is 4.23. The van der Waals surface area contributed by atoms with Crippen LogP contribution >= 0.6 is 0 Å². The Bertz CT molecular complexity index is 165. The minimum Gasteiger partial charge on any atom is -0.316 e. The van der Waals surface area contributed by atoms with Crippen LogP contribution in [0.3, 0.4) is 0 Å². The largest absolute Gasteiger partial charge is 0.316 e. The van der Waals surface area contributed by atoms with Gasteiger partial charge in [-0.15, -0.1) is 0 Å². The SMILES string of the molecule is CC(C)CNCCCCC1CCCC(C)C1. The lowest BCUT2D eigenvalue weighted by atomic mass is 9.80. The molecule has 0 aliphatic heterocycles. The van der Waals surface area contributed by atoms with Gasteiger partial charge in [-0.25, -0.2) is 0 Å². The Morgan fingerprint density at radius 3 is 2.69 bits per heavy atom. The van der Waals surface area contributed by atoms with Gasteiger partial charge in [-0.1, -0.05) is 52.9 Å². The van der Waals surface area contributed by atoms with Gasteiger partial charge < -0.3 is 5.32 Å². The molecule has 96 valence electrons. The second-order valence-corrected chi connectivity index (χ2v) is 6.23. The Kier molecular flexibility index (Phi) is 7.11. The molecule has 1 rings (SSSR count). The summed E-state index contributed by atoms with van der Waals surface area (Å²) >= 11 is 0. The van der Waals surface area contributed by atoms with Gasteiger partial charge in [-0.2, -0.15) is 0 Å². The molecule has 0 radical (unpaired) electrons. The lowest BCUT2D eigenvalue weighted by Crippen LogP contribution is -2.21. The lowest BCUT2D eigenvalue weighted by molar-refractivity contribution is 0.264. The Morgan fingerprint density at radius 1 is 1.19 bits per heavy atom. The molecule has 2 unspecified atom stereocenters. The van der Waals surface area contributed by atoms with E-state index in [0.29, 0.717) is 0 Å². The molecule has 0 saturated heterocycles. The molecule has 1 aliphatic carbocycles. The summed E-state index contributed by atoms with van der Waals surface area (Å²) in [4.78, 5) is 0. The van der Waals surface area contributed by atoms with Crippen LogP contribution in [-0.2, 0) is 0 Å². The maximum Gasteiger partial charge on any atom is -0.00258 e. The number of hydrogen-bond donors (Lipinski definition) is 1. The lowest BCUT2D eigenvalue weighted by Gasteiger charge is -2.26. The number of nitrogens with one attached hydrogen (secondary N) is 1. The van der Waals surface area contributed by atoms with Gasteiger partial charge in [0.2, 0.25) is 0 Å². The molecule has 1 saturated carbocycles. The molecule has 1 aliphatic rings. The normalized spacial score (nSPS) is 26.2. The van der Waals surface area contributed by atoms with Crippen LogP contribution in [0.5, 0.6) is 0 Å². The van der Waals surface area contributed by atoms with Crippen molar-refractivity contribution in [3.8, 4) is 0 Å². The number of unbranched alkanes of at least 4 members (excludes halogenated alkanes) is 1. The molecule has 0 aromatic heterocycles. The summed E-state index contributed by atoms with van der Waals surface area (Å²) in [5, 5.41) is 3.53. The highest BCUT2D eigenvalue weighted by Gasteiger charge is 2.17. The summed E-state index contributed by atoms with van der Waals surface area (Å²) in [5.41, 5.74) is 0. The van der Waals surface area contributed by atoms with E-state index in [9.17, 15) is 0 Å². The number of rotatable bonds is 7. The van der Waals surface area contributed by atoms with Gasteiger partial charge in [0.05, 0.1) is 0 Å². The molecule has 0 bridgehead atoms. The first-order chi connectivity index (χ1) is 7.68. The zero-order valence-corrected chi connectivity index (χ0v) is 11.6. The molecular weight excluding hydrogens is 194 g/mol. The van der Waals surface area contributed by atoms with E-state index in [1.54, 1.807) is 0 Å². The average Bonchev–Trinajstić information content (AvgIpc) is 2.23. The molecule has 16 heavy (non-hydrogen) atoms. The molecule has 0 heterocycles. The quantitative estimate of drug-likeness (QED) is 0.639. The first-order valence-corrected chi connectivity index (χ1v) is 7.39. The third-order valence-electron chi connectivity index (χ3n) is 3.81. The fourth-order valence-electron chi connectivity index (χ4n) is 2.90. The molecule has 0 spiro atoms. The van der Waals surface area contributed by atoms with Crippen LogP contribution in [0.15, 0.2) is 0 Å². The second kappa shape index (κ2) is 8.11. The van der Waals surface area contributed by atoms with Gasteiger partial charge in [0.1, 0.15) is 0 Å². The van der Waals surface area contributed by atoms with Crippen molar-refractivity contribution in [2.75, 3.05) is 13.1 Å². The van der Waals surface area contributed by atoms with E-state index in [-0.39, 0.29) is 0 Å². The van der Waals surface area contributed by atoms with E-state index in [0.717, 1.165) is 17.8 Å². The van der Waals surface area contributed by atoms with Crippen molar-refractivity contribution in [2.24, 2.45) is 17.8 Å². The molecule has 0 aromatic carbocycles. The minimum atomic E-state index is 0.791. The average molecular weight is 225 g/mol. The van der Waals surface area contributed by atoms with Crippen molar-refractivity contribution in [3.05, 3.63) is 0 Å². The van der Waals surface area contributed by atoms with Gasteiger partial charge in [-0.05, 0) is 43.7 Å². The molecule has 0 amide bonds. The Labute approximate surface area is 102 Å². The van der Waals surface area contributed by atoms with E-state index in [4.69, 9.17) is 0 Å². The summed E-state index contributed by atoms with van der Waals surface area (Å²) in [5.74, 6) is 2.84. The van der Waals surface area contributed by atoms with E-state index in [1.807, 2.05) is 0 Å². The van der Waals surface area contributed by atoms with Crippen LogP contribution in [0.2, 0.25) is 0 Å². The Balaban J connectivity index is 1.90. The summed E-state index contributed by atoms with van der Waals surface area (Å²) in [6.07, 6.45) is 10.3. The number of hydrogen-bond acceptors (Lipinski definition) is 1. The zero-order valence-electron chi connectivity index (χ0n) is 11.6. The van der Waals surface area contributed by atoms with Crippen LogP contribution in [0.4, 0.5) is 0 Å². The summed E-state index contributed by atoms with van der Waals surface area (Å²) < 4.78 is 0. The van der Waals surface area contributed by atoms with Gasteiger partial charge in [-0.3, -0.25) is 0 Å². The fourth-order valence-corrected chi connectivity index (χ4v) is 2.90. The zero-order chi connectivity index (χ0) is 11.8. The van der Waals surface area contributed by atoms with Crippen LogP contribution in [-0.4, -0.2) is 13.1 Å². The summed E-state index contributed by atoms with van der Waals surface area (Å²) in [6.45, 7) is 9.38. The molecular formula is C15H31N. The minimum absolute atomic E-state index is 0.791. The van der Waals surface area contributed by atoms with Crippen LogP contribution in [0.25, 0.3) is 0 Å². The van der Waals surface area contributed by atoms with Crippen molar-refractivity contribution >= 4 is 0 Å². The maximum atomic E-state index is 3.53. The first-order valence-electron chi connectivity index (χ1n) is 7.39. The van der Waals surface area contributed by atoms with E-state index in [1.165, 1.54) is 58.0 Å². The second-order valence-electron chi connectivity index (χ2n) is 6.23. The summed E-state index contributed by atoms with van der Waals surface area (Å²) in [6, 6.07) is 0. The van der Waals surface area contributed by atoms with E-state index >= 15 is 0 Å². The first kappa shape index (κ1) is 14.0. The van der Waals surface area contributed by atoms with Crippen molar-refractivity contribution in [3.63, 3.8) is 0 Å². The highest BCUT2D eigenvalue weighted by atomic mass is 14.8. The van der Waals surface area contributed by atoms with Crippen LogP contribution < -0.4 is 5.32 Å². The van der Waals surface area contributed by atoms with E-state index in [2.05, 4.69) is 26.1 Å². The Hall–Kier alpha value is -0.0400. The van der Waals surface area contributed by atoms with Crippen molar-refractivity contribution < 1.29 is 0 Å².